The van der Waals surface area contributed by atoms with Gasteiger partial charge in [0.2, 0.25) is 15.9 Å². The van der Waals surface area contributed by atoms with Gasteiger partial charge in [0.15, 0.2) is 0 Å². The highest BCUT2D eigenvalue weighted by molar-refractivity contribution is 7.89. The van der Waals surface area contributed by atoms with Crippen molar-refractivity contribution in [1.82, 2.24) is 24.2 Å². The van der Waals surface area contributed by atoms with Crippen molar-refractivity contribution in [3.63, 3.8) is 0 Å². The molecule has 1 saturated heterocycles. The molecule has 1 aromatic rings. The van der Waals surface area contributed by atoms with Gasteiger partial charge in [-0.1, -0.05) is 6.07 Å². The SMILES string of the molecule is CN(C)S(=O)(=O)c1cccc(NC(=O)CN2CCN(c3nc[nH]c4nccc3-4)CC2)c1. The Labute approximate surface area is 181 Å². The minimum absolute atomic E-state index is 0.143. The van der Waals surface area contributed by atoms with E-state index in [4.69, 9.17) is 0 Å². The van der Waals surface area contributed by atoms with Crippen molar-refractivity contribution in [2.24, 2.45) is 0 Å². The quantitative estimate of drug-likeness (QED) is 0.582. The van der Waals surface area contributed by atoms with Crippen molar-refractivity contribution < 1.29 is 13.2 Å². The molecule has 0 unspecified atom stereocenters. The van der Waals surface area contributed by atoms with Crippen LogP contribution in [0.25, 0.3) is 11.4 Å². The maximum absolute atomic E-state index is 12.5. The monoisotopic (exact) mass is 443 g/mol. The van der Waals surface area contributed by atoms with E-state index in [0.29, 0.717) is 5.69 Å². The normalized spacial score (nSPS) is 15.5. The molecule has 1 amide bonds. The average molecular weight is 444 g/mol. The first-order valence-electron chi connectivity index (χ1n) is 9.92. The standard InChI is InChI=1S/C20H25N7O3S/c1-25(2)31(29,30)16-5-3-4-15(12-16)24-18(28)13-26-8-10-27(11-9-26)20-17-6-7-21-19(17)22-14-23-20/h3-7,12,14H,8-11,13H2,1-2H3,(H,24,28)(H,21,22,23). The van der Waals surface area contributed by atoms with Gasteiger partial charge in [0.05, 0.1) is 23.3 Å². The van der Waals surface area contributed by atoms with Gasteiger partial charge in [-0.3, -0.25) is 9.69 Å². The third kappa shape index (κ3) is 4.53. The highest BCUT2D eigenvalue weighted by Crippen LogP contribution is 2.28. The minimum atomic E-state index is -3.55. The van der Waals surface area contributed by atoms with Crippen LogP contribution in [0.2, 0.25) is 0 Å². The fourth-order valence-electron chi connectivity index (χ4n) is 3.57. The Morgan fingerprint density at radius 1 is 1.16 bits per heavy atom. The molecule has 0 atom stereocenters. The number of aromatic amines is 1. The summed E-state index contributed by atoms with van der Waals surface area (Å²) in [5.74, 6) is 1.53. The van der Waals surface area contributed by atoms with E-state index in [2.05, 4.69) is 30.1 Å². The van der Waals surface area contributed by atoms with Crippen LogP contribution >= 0.6 is 0 Å². The lowest BCUT2D eigenvalue weighted by Gasteiger charge is -2.35. The molecule has 11 heteroatoms. The van der Waals surface area contributed by atoms with Gasteiger partial charge in [-0.15, -0.1) is 0 Å². The lowest BCUT2D eigenvalue weighted by atomic mass is 10.2. The van der Waals surface area contributed by atoms with Crippen molar-refractivity contribution in [3.05, 3.63) is 42.9 Å². The van der Waals surface area contributed by atoms with Crippen LogP contribution in [0.4, 0.5) is 11.5 Å². The highest BCUT2D eigenvalue weighted by Gasteiger charge is 2.23. The first-order valence-corrected chi connectivity index (χ1v) is 11.4. The fourth-order valence-corrected chi connectivity index (χ4v) is 4.52. The maximum atomic E-state index is 12.5. The lowest BCUT2D eigenvalue weighted by Crippen LogP contribution is -2.49. The summed E-state index contributed by atoms with van der Waals surface area (Å²) < 4.78 is 25.7. The van der Waals surface area contributed by atoms with Crippen LogP contribution in [0.5, 0.6) is 0 Å². The molecule has 1 aromatic carbocycles. The number of carbonyl (C=O) groups is 1. The number of benzene rings is 1. The molecular formula is C20H25N7O3S. The Balaban J connectivity index is 1.33. The molecule has 0 aliphatic carbocycles. The number of piperazine rings is 1. The summed E-state index contributed by atoms with van der Waals surface area (Å²) in [4.78, 5) is 28.7. The zero-order chi connectivity index (χ0) is 22.0. The number of hydrogen-bond donors (Lipinski definition) is 2. The molecule has 3 aliphatic rings. The molecule has 1 fully saturated rings. The Kier molecular flexibility index (Phi) is 5.90. The first kappa shape index (κ1) is 21.2. The molecule has 0 radical (unpaired) electrons. The molecular weight excluding hydrogens is 418 g/mol. The molecule has 3 heterocycles. The summed E-state index contributed by atoms with van der Waals surface area (Å²) in [5.41, 5.74) is 1.45. The molecule has 3 aliphatic heterocycles. The number of sulfonamides is 1. The number of aromatic nitrogens is 3. The van der Waals surface area contributed by atoms with Crippen molar-refractivity contribution in [2.45, 2.75) is 4.90 Å². The summed E-state index contributed by atoms with van der Waals surface area (Å²) in [6.45, 7) is 3.18. The van der Waals surface area contributed by atoms with Crippen molar-refractivity contribution in [3.8, 4) is 11.4 Å². The number of rotatable bonds is 6. The van der Waals surface area contributed by atoms with E-state index >= 15 is 0 Å². The zero-order valence-corrected chi connectivity index (χ0v) is 18.3. The predicted octanol–water partition coefficient (Wildman–Crippen LogP) is 0.921. The molecule has 4 rings (SSSR count). The summed E-state index contributed by atoms with van der Waals surface area (Å²) in [7, 11) is -0.603. The first-order chi connectivity index (χ1) is 14.8. The molecule has 0 saturated carbocycles. The van der Waals surface area contributed by atoms with E-state index in [1.54, 1.807) is 24.7 Å². The summed E-state index contributed by atoms with van der Waals surface area (Å²) in [6, 6.07) is 8.23. The van der Waals surface area contributed by atoms with E-state index in [0.717, 1.165) is 47.7 Å². The molecule has 31 heavy (non-hydrogen) atoms. The smallest absolute Gasteiger partial charge is 0.242 e. The fraction of sp³-hybridized carbons (Fsp3) is 0.350. The van der Waals surface area contributed by atoms with Gasteiger partial charge in [0, 0.05) is 52.2 Å². The zero-order valence-electron chi connectivity index (χ0n) is 17.4. The summed E-state index contributed by atoms with van der Waals surface area (Å²) in [5, 5.41) is 2.80. The van der Waals surface area contributed by atoms with Crippen LogP contribution in [0.3, 0.4) is 0 Å². The number of anilines is 2. The van der Waals surface area contributed by atoms with Gasteiger partial charge in [0.1, 0.15) is 11.6 Å². The second-order valence-corrected chi connectivity index (χ2v) is 9.71. The number of hydrogen-bond acceptors (Lipinski definition) is 7. The van der Waals surface area contributed by atoms with Crippen LogP contribution in [0.15, 0.2) is 47.8 Å². The van der Waals surface area contributed by atoms with E-state index in [9.17, 15) is 13.2 Å². The molecule has 0 spiro atoms. The van der Waals surface area contributed by atoms with Crippen molar-refractivity contribution in [2.75, 3.05) is 57.0 Å². The maximum Gasteiger partial charge on any atom is 0.242 e. The lowest BCUT2D eigenvalue weighted by molar-refractivity contribution is -0.117. The molecule has 10 nitrogen and oxygen atoms in total. The number of carbonyl (C=O) groups excluding carboxylic acids is 1. The van der Waals surface area contributed by atoms with E-state index in [1.165, 1.54) is 26.2 Å². The van der Waals surface area contributed by atoms with Crippen molar-refractivity contribution in [1.29, 1.82) is 0 Å². The minimum Gasteiger partial charge on any atom is -0.353 e. The number of amides is 1. The van der Waals surface area contributed by atoms with E-state index in [-0.39, 0.29) is 17.3 Å². The predicted molar refractivity (Wildman–Crippen MR) is 118 cm³/mol. The van der Waals surface area contributed by atoms with Gasteiger partial charge >= 0.3 is 0 Å². The van der Waals surface area contributed by atoms with Gasteiger partial charge in [-0.25, -0.2) is 22.7 Å². The average Bonchev–Trinajstić information content (AvgIpc) is 3.23. The molecule has 0 bridgehead atoms. The topological polar surface area (TPSA) is 115 Å². The summed E-state index contributed by atoms with van der Waals surface area (Å²) >= 11 is 0. The number of fused-ring (bicyclic) bond motifs is 1. The Morgan fingerprint density at radius 3 is 2.68 bits per heavy atom. The summed E-state index contributed by atoms with van der Waals surface area (Å²) in [6.07, 6.45) is 3.40. The van der Waals surface area contributed by atoms with Crippen LogP contribution in [0, 0.1) is 0 Å². The van der Waals surface area contributed by atoms with Gasteiger partial charge in [-0.2, -0.15) is 0 Å². The van der Waals surface area contributed by atoms with Gasteiger partial charge in [-0.05, 0) is 24.3 Å². The third-order valence-electron chi connectivity index (χ3n) is 5.26. The number of H-pyrrole nitrogens is 1. The van der Waals surface area contributed by atoms with Crippen LogP contribution < -0.4 is 10.2 Å². The van der Waals surface area contributed by atoms with Crippen LogP contribution in [-0.4, -0.2) is 85.3 Å². The number of nitrogens with zero attached hydrogens (tertiary/aromatic N) is 5. The van der Waals surface area contributed by atoms with E-state index in [1.807, 2.05) is 6.07 Å². The van der Waals surface area contributed by atoms with Gasteiger partial charge in [0.25, 0.3) is 0 Å². The Bertz CT molecular complexity index is 1140. The van der Waals surface area contributed by atoms with E-state index < -0.39 is 10.0 Å². The van der Waals surface area contributed by atoms with Crippen molar-refractivity contribution >= 4 is 27.4 Å². The largest absolute Gasteiger partial charge is 0.353 e. The third-order valence-corrected chi connectivity index (χ3v) is 7.08. The second kappa shape index (κ2) is 8.61. The molecule has 2 N–H and O–H groups in total. The van der Waals surface area contributed by atoms with Gasteiger partial charge < -0.3 is 15.2 Å². The Hall–Kier alpha value is -3.02. The van der Waals surface area contributed by atoms with Crippen LogP contribution in [-0.2, 0) is 14.8 Å². The molecule has 0 aromatic heterocycles. The second-order valence-electron chi connectivity index (χ2n) is 7.56. The van der Waals surface area contributed by atoms with Crippen LogP contribution in [0.1, 0.15) is 0 Å². The molecule has 164 valence electrons. The Morgan fingerprint density at radius 2 is 1.94 bits per heavy atom. The number of nitrogens with one attached hydrogen (secondary N) is 2. The highest BCUT2D eigenvalue weighted by atomic mass is 32.2.